The molecule has 2 rings (SSSR count). The lowest BCUT2D eigenvalue weighted by Gasteiger charge is -2.16. The van der Waals surface area contributed by atoms with E-state index in [9.17, 15) is 4.79 Å². The van der Waals surface area contributed by atoms with E-state index >= 15 is 0 Å². The van der Waals surface area contributed by atoms with E-state index in [1.165, 1.54) is 0 Å². The zero-order chi connectivity index (χ0) is 11.8. The Balaban J connectivity index is 2.09. The molecule has 4 heteroatoms. The molecule has 4 nitrogen and oxygen atoms in total. The number of imidazole rings is 1. The van der Waals surface area contributed by atoms with Crippen LogP contribution in [-0.4, -0.2) is 20.6 Å². The minimum absolute atomic E-state index is 0.00380. The highest BCUT2D eigenvalue weighted by Gasteiger charge is 2.44. The summed E-state index contributed by atoms with van der Waals surface area (Å²) in [5.41, 5.74) is -0.00380. The predicted molar refractivity (Wildman–Crippen MR) is 60.2 cm³/mol. The highest BCUT2D eigenvalue weighted by Crippen LogP contribution is 2.50. The number of rotatable bonds is 5. The molecule has 0 aromatic carbocycles. The number of carboxylic acids is 1. The quantitative estimate of drug-likeness (QED) is 0.831. The summed E-state index contributed by atoms with van der Waals surface area (Å²) in [7, 11) is 0. The molecule has 1 N–H and O–H groups in total. The zero-order valence-electron chi connectivity index (χ0n) is 9.81. The lowest BCUT2D eigenvalue weighted by molar-refractivity contribution is -0.138. The molecule has 1 heterocycles. The standard InChI is InChI=1S/C12H18N2O2/c1-9(2)11-13-5-6-14(11)8-12(3-4-12)7-10(15)16/h5-6,9H,3-4,7-8H2,1-2H3,(H,15,16). The van der Waals surface area contributed by atoms with E-state index in [0.717, 1.165) is 25.2 Å². The summed E-state index contributed by atoms with van der Waals surface area (Å²) in [4.78, 5) is 15.1. The van der Waals surface area contributed by atoms with Gasteiger partial charge in [-0.15, -0.1) is 0 Å². The fourth-order valence-electron chi connectivity index (χ4n) is 2.20. The van der Waals surface area contributed by atoms with Crippen molar-refractivity contribution in [2.24, 2.45) is 5.41 Å². The third-order valence-electron chi connectivity index (χ3n) is 3.25. The lowest BCUT2D eigenvalue weighted by Crippen LogP contribution is -2.17. The number of carbonyl (C=O) groups is 1. The van der Waals surface area contributed by atoms with Crippen LogP contribution >= 0.6 is 0 Å². The average Bonchev–Trinajstić information content (AvgIpc) is 2.75. The first-order chi connectivity index (χ1) is 7.52. The molecular formula is C12H18N2O2. The summed E-state index contributed by atoms with van der Waals surface area (Å²) >= 11 is 0. The second-order valence-electron chi connectivity index (χ2n) is 5.14. The Hall–Kier alpha value is -1.32. The maximum Gasteiger partial charge on any atom is 0.303 e. The van der Waals surface area contributed by atoms with Gasteiger partial charge in [0.05, 0.1) is 6.42 Å². The van der Waals surface area contributed by atoms with E-state index in [1.807, 2.05) is 6.20 Å². The van der Waals surface area contributed by atoms with Crippen LogP contribution in [0.4, 0.5) is 0 Å². The molecule has 0 radical (unpaired) electrons. The van der Waals surface area contributed by atoms with Crippen LogP contribution in [0, 0.1) is 5.41 Å². The Morgan fingerprint density at radius 3 is 2.81 bits per heavy atom. The second-order valence-corrected chi connectivity index (χ2v) is 5.14. The third kappa shape index (κ3) is 2.26. The first-order valence-electron chi connectivity index (χ1n) is 5.75. The topological polar surface area (TPSA) is 55.1 Å². The van der Waals surface area contributed by atoms with Gasteiger partial charge in [0, 0.05) is 24.9 Å². The van der Waals surface area contributed by atoms with Crippen molar-refractivity contribution in [2.75, 3.05) is 0 Å². The molecule has 0 amide bonds. The zero-order valence-corrected chi connectivity index (χ0v) is 9.81. The Labute approximate surface area is 95.3 Å². The number of hydrogen-bond donors (Lipinski definition) is 1. The van der Waals surface area contributed by atoms with Crippen molar-refractivity contribution in [3.8, 4) is 0 Å². The highest BCUT2D eigenvalue weighted by atomic mass is 16.4. The number of aliphatic carboxylic acids is 1. The van der Waals surface area contributed by atoms with Crippen LogP contribution < -0.4 is 0 Å². The van der Waals surface area contributed by atoms with Gasteiger partial charge < -0.3 is 9.67 Å². The molecule has 1 fully saturated rings. The van der Waals surface area contributed by atoms with Crippen LogP contribution in [0.3, 0.4) is 0 Å². The number of hydrogen-bond acceptors (Lipinski definition) is 2. The minimum Gasteiger partial charge on any atom is -0.481 e. The summed E-state index contributed by atoms with van der Waals surface area (Å²) in [5.74, 6) is 0.746. The summed E-state index contributed by atoms with van der Waals surface area (Å²) in [6.07, 6.45) is 6.08. The molecule has 0 saturated heterocycles. The molecule has 1 aliphatic carbocycles. The molecule has 0 spiro atoms. The highest BCUT2D eigenvalue weighted by molar-refractivity contribution is 5.68. The summed E-state index contributed by atoms with van der Waals surface area (Å²) in [6, 6.07) is 0. The molecule has 1 aromatic rings. The first-order valence-corrected chi connectivity index (χ1v) is 5.75. The van der Waals surface area contributed by atoms with Crippen molar-refractivity contribution in [1.82, 2.24) is 9.55 Å². The van der Waals surface area contributed by atoms with Crippen molar-refractivity contribution in [3.05, 3.63) is 18.2 Å². The van der Waals surface area contributed by atoms with Crippen molar-refractivity contribution in [1.29, 1.82) is 0 Å². The van der Waals surface area contributed by atoms with Crippen molar-refractivity contribution >= 4 is 5.97 Å². The van der Waals surface area contributed by atoms with Crippen molar-refractivity contribution in [2.45, 2.75) is 45.6 Å². The maximum atomic E-state index is 10.8. The molecule has 0 aliphatic heterocycles. The van der Waals surface area contributed by atoms with Gasteiger partial charge in [0.2, 0.25) is 0 Å². The molecule has 0 bridgehead atoms. The van der Waals surface area contributed by atoms with Crippen LogP contribution in [0.5, 0.6) is 0 Å². The van der Waals surface area contributed by atoms with Gasteiger partial charge in [-0.1, -0.05) is 13.8 Å². The van der Waals surface area contributed by atoms with Crippen LogP contribution in [0.2, 0.25) is 0 Å². The minimum atomic E-state index is -0.691. The van der Waals surface area contributed by atoms with Gasteiger partial charge in [-0.05, 0) is 18.3 Å². The van der Waals surface area contributed by atoms with Crippen molar-refractivity contribution < 1.29 is 9.90 Å². The van der Waals surface area contributed by atoms with E-state index in [-0.39, 0.29) is 11.8 Å². The van der Waals surface area contributed by atoms with E-state index in [4.69, 9.17) is 5.11 Å². The van der Waals surface area contributed by atoms with E-state index in [1.54, 1.807) is 6.20 Å². The fourth-order valence-corrected chi connectivity index (χ4v) is 2.20. The van der Waals surface area contributed by atoms with Gasteiger partial charge in [-0.3, -0.25) is 4.79 Å². The molecule has 0 atom stereocenters. The van der Waals surface area contributed by atoms with Gasteiger partial charge in [0.15, 0.2) is 0 Å². The fraction of sp³-hybridized carbons (Fsp3) is 0.667. The molecule has 16 heavy (non-hydrogen) atoms. The molecule has 1 saturated carbocycles. The summed E-state index contributed by atoms with van der Waals surface area (Å²) < 4.78 is 2.11. The van der Waals surface area contributed by atoms with Crippen LogP contribution in [0.25, 0.3) is 0 Å². The number of aromatic nitrogens is 2. The van der Waals surface area contributed by atoms with Gasteiger partial charge in [0.25, 0.3) is 0 Å². The largest absolute Gasteiger partial charge is 0.481 e. The van der Waals surface area contributed by atoms with Crippen LogP contribution in [0.1, 0.15) is 44.9 Å². The average molecular weight is 222 g/mol. The summed E-state index contributed by atoms with van der Waals surface area (Å²) in [6.45, 7) is 5.01. The Bertz CT molecular complexity index is 391. The predicted octanol–water partition coefficient (Wildman–Crippen LogP) is 2.26. The van der Waals surface area contributed by atoms with Gasteiger partial charge in [-0.25, -0.2) is 4.98 Å². The number of carboxylic acid groups (broad SMARTS) is 1. The van der Waals surface area contributed by atoms with Gasteiger partial charge in [-0.2, -0.15) is 0 Å². The van der Waals surface area contributed by atoms with E-state index < -0.39 is 5.97 Å². The molecule has 1 aromatic heterocycles. The number of nitrogens with zero attached hydrogens (tertiary/aromatic N) is 2. The van der Waals surface area contributed by atoms with Gasteiger partial charge in [0.1, 0.15) is 5.82 Å². The van der Waals surface area contributed by atoms with Crippen LogP contribution in [0.15, 0.2) is 12.4 Å². The monoisotopic (exact) mass is 222 g/mol. The first kappa shape index (κ1) is 11.2. The Kier molecular flexibility index (Phi) is 2.74. The molecule has 1 aliphatic rings. The Morgan fingerprint density at radius 1 is 1.62 bits per heavy atom. The normalized spacial score (nSPS) is 17.7. The summed E-state index contributed by atoms with van der Waals surface area (Å²) in [5, 5.41) is 8.87. The maximum absolute atomic E-state index is 10.8. The second kappa shape index (κ2) is 3.92. The van der Waals surface area contributed by atoms with E-state index in [0.29, 0.717) is 5.92 Å². The van der Waals surface area contributed by atoms with Crippen molar-refractivity contribution in [3.63, 3.8) is 0 Å². The smallest absolute Gasteiger partial charge is 0.303 e. The molecule has 0 unspecified atom stereocenters. The van der Waals surface area contributed by atoms with Gasteiger partial charge >= 0.3 is 5.97 Å². The van der Waals surface area contributed by atoms with E-state index in [2.05, 4.69) is 23.4 Å². The lowest BCUT2D eigenvalue weighted by atomic mass is 10.0. The molecular weight excluding hydrogens is 204 g/mol. The SMILES string of the molecule is CC(C)c1nccn1CC1(CC(=O)O)CC1. The van der Waals surface area contributed by atoms with Crippen LogP contribution in [-0.2, 0) is 11.3 Å². The Morgan fingerprint density at radius 2 is 2.31 bits per heavy atom. The molecule has 88 valence electrons. The third-order valence-corrected chi connectivity index (χ3v) is 3.25.